The third kappa shape index (κ3) is 10.9. The lowest BCUT2D eigenvalue weighted by Crippen LogP contribution is -2.48. The molecule has 11 nitrogen and oxygen atoms in total. The SMILES string of the molecule is C[C@@H]1CN([C@H](C)CO)C(=O)c2cc(NC(=O)CCCN(C)C)ccc2O[C@@H](C)CCCCO[C@H]1CN(C)C(=O)Nc1cccc2ccccc12. The molecule has 1 heterocycles. The molecule has 0 spiro atoms. The minimum atomic E-state index is -0.513. The number of hydrogen-bond donors (Lipinski definition) is 3. The number of aliphatic hydroxyl groups excluding tert-OH is 1. The topological polar surface area (TPSA) is 124 Å². The predicted molar refractivity (Wildman–Crippen MR) is 199 cm³/mol. The molecule has 50 heavy (non-hydrogen) atoms. The molecule has 3 aromatic rings. The zero-order chi connectivity index (χ0) is 36.2. The van der Waals surface area contributed by atoms with Gasteiger partial charge in [-0.25, -0.2) is 4.79 Å². The van der Waals surface area contributed by atoms with Crippen molar-refractivity contribution in [1.29, 1.82) is 0 Å². The standard InChI is InChI=1S/C39H55N5O6/c1-27-24-44(28(2)26-45)38(47)33-23-31(40-37(46)18-12-21-42(4)5)19-20-35(33)50-29(3)13-9-10-22-49-36(27)25-43(6)39(48)41-34-17-11-15-30-14-7-8-16-32(30)34/h7-8,11,14-17,19-20,23,27-29,36,45H,9-10,12-13,18,21-22,24-26H2,1-6H3,(H,40,46)(H,41,48)/t27-,28-,29+,36+/m1/s1. The second-order valence-electron chi connectivity index (χ2n) is 13.8. The summed E-state index contributed by atoms with van der Waals surface area (Å²) in [5.41, 5.74) is 1.55. The van der Waals surface area contributed by atoms with Crippen molar-refractivity contribution in [3.05, 3.63) is 66.2 Å². The van der Waals surface area contributed by atoms with Gasteiger partial charge in [-0.2, -0.15) is 0 Å². The minimum Gasteiger partial charge on any atom is -0.490 e. The van der Waals surface area contributed by atoms with E-state index < -0.39 is 6.04 Å². The Morgan fingerprint density at radius 1 is 1.02 bits per heavy atom. The van der Waals surface area contributed by atoms with E-state index in [2.05, 4.69) is 10.6 Å². The summed E-state index contributed by atoms with van der Waals surface area (Å²) in [6.07, 6.45) is 2.94. The van der Waals surface area contributed by atoms with E-state index in [9.17, 15) is 19.5 Å². The number of urea groups is 1. The van der Waals surface area contributed by atoms with Crippen molar-refractivity contribution in [2.75, 3.05) is 64.6 Å². The highest BCUT2D eigenvalue weighted by Crippen LogP contribution is 2.29. The smallest absolute Gasteiger partial charge is 0.321 e. The van der Waals surface area contributed by atoms with Crippen molar-refractivity contribution in [3.63, 3.8) is 0 Å². The quantitative estimate of drug-likeness (QED) is 0.236. The van der Waals surface area contributed by atoms with Gasteiger partial charge in [0, 0.05) is 50.2 Å². The summed E-state index contributed by atoms with van der Waals surface area (Å²) in [7, 11) is 5.68. The second kappa shape index (κ2) is 18.7. The fraction of sp³-hybridized carbons (Fsp3) is 0.513. The lowest BCUT2D eigenvalue weighted by molar-refractivity contribution is -0.116. The van der Waals surface area contributed by atoms with Gasteiger partial charge in [0.05, 0.1) is 36.1 Å². The molecule has 0 aromatic heterocycles. The van der Waals surface area contributed by atoms with E-state index >= 15 is 0 Å². The van der Waals surface area contributed by atoms with Crippen LogP contribution in [0.4, 0.5) is 16.2 Å². The number of anilines is 2. The number of nitrogens with zero attached hydrogens (tertiary/aromatic N) is 3. The van der Waals surface area contributed by atoms with E-state index in [1.807, 2.05) is 75.3 Å². The van der Waals surface area contributed by atoms with Gasteiger partial charge in [-0.1, -0.05) is 43.3 Å². The number of rotatable bonds is 10. The van der Waals surface area contributed by atoms with Crippen LogP contribution in [0, 0.1) is 5.92 Å². The first-order valence-electron chi connectivity index (χ1n) is 17.7. The van der Waals surface area contributed by atoms with Crippen LogP contribution in [0.25, 0.3) is 10.8 Å². The summed E-state index contributed by atoms with van der Waals surface area (Å²) in [4.78, 5) is 45.9. The van der Waals surface area contributed by atoms with Crippen molar-refractivity contribution in [2.45, 2.75) is 71.1 Å². The van der Waals surface area contributed by atoms with Crippen LogP contribution in [-0.4, -0.2) is 110 Å². The molecule has 0 unspecified atom stereocenters. The number of amides is 4. The normalized spacial score (nSPS) is 19.6. The van der Waals surface area contributed by atoms with Crippen LogP contribution < -0.4 is 15.4 Å². The molecule has 4 atom stereocenters. The summed E-state index contributed by atoms with van der Waals surface area (Å²) < 4.78 is 12.7. The Hall–Kier alpha value is -4.19. The van der Waals surface area contributed by atoms with Gasteiger partial charge >= 0.3 is 6.03 Å². The van der Waals surface area contributed by atoms with Crippen molar-refractivity contribution >= 4 is 40.0 Å². The molecule has 0 radical (unpaired) electrons. The van der Waals surface area contributed by atoms with E-state index in [1.165, 1.54) is 0 Å². The molecule has 0 fully saturated rings. The summed E-state index contributed by atoms with van der Waals surface area (Å²) in [6.45, 7) is 7.39. The molecular formula is C39H55N5O6. The molecule has 1 aliphatic rings. The minimum absolute atomic E-state index is 0.128. The van der Waals surface area contributed by atoms with Gasteiger partial charge in [0.25, 0.3) is 5.91 Å². The number of carbonyl (C=O) groups is 3. The Bertz CT molecular complexity index is 1580. The molecule has 11 heteroatoms. The van der Waals surface area contributed by atoms with Crippen molar-refractivity contribution in [3.8, 4) is 5.75 Å². The highest BCUT2D eigenvalue weighted by molar-refractivity contribution is 6.02. The molecule has 4 amide bonds. The number of likely N-dealkylation sites (N-methyl/N-ethyl adjacent to an activating group) is 1. The highest BCUT2D eigenvalue weighted by atomic mass is 16.5. The number of nitrogens with one attached hydrogen (secondary N) is 2. The number of hydrogen-bond acceptors (Lipinski definition) is 7. The number of carbonyl (C=O) groups excluding carboxylic acids is 3. The first-order valence-corrected chi connectivity index (χ1v) is 17.7. The molecule has 0 bridgehead atoms. The van der Waals surface area contributed by atoms with Crippen LogP contribution in [0.15, 0.2) is 60.7 Å². The van der Waals surface area contributed by atoms with E-state index in [0.29, 0.717) is 43.0 Å². The number of fused-ring (bicyclic) bond motifs is 2. The average Bonchev–Trinajstić information content (AvgIpc) is 3.09. The first kappa shape index (κ1) is 38.6. The van der Waals surface area contributed by atoms with E-state index in [1.54, 1.807) is 42.0 Å². The number of aliphatic hydroxyl groups is 1. The molecule has 3 aromatic carbocycles. The summed E-state index contributed by atoms with van der Waals surface area (Å²) in [6, 6.07) is 18.1. The molecule has 1 aliphatic heterocycles. The highest BCUT2D eigenvalue weighted by Gasteiger charge is 2.31. The molecule has 3 N–H and O–H groups in total. The first-order chi connectivity index (χ1) is 24.0. The van der Waals surface area contributed by atoms with E-state index in [4.69, 9.17) is 9.47 Å². The van der Waals surface area contributed by atoms with Crippen LogP contribution in [0.2, 0.25) is 0 Å². The van der Waals surface area contributed by atoms with Gasteiger partial charge < -0.3 is 39.9 Å². The third-order valence-corrected chi connectivity index (χ3v) is 9.18. The zero-order valence-electron chi connectivity index (χ0n) is 30.5. The van der Waals surface area contributed by atoms with Gasteiger partial charge in [-0.3, -0.25) is 9.59 Å². The van der Waals surface area contributed by atoms with Crippen molar-refractivity contribution in [2.24, 2.45) is 5.92 Å². The van der Waals surface area contributed by atoms with Crippen LogP contribution in [0.3, 0.4) is 0 Å². The Kier molecular flexibility index (Phi) is 14.4. The second-order valence-corrected chi connectivity index (χ2v) is 13.8. The van der Waals surface area contributed by atoms with E-state index in [0.717, 1.165) is 42.3 Å². The number of ether oxygens (including phenoxy) is 2. The van der Waals surface area contributed by atoms with Crippen LogP contribution >= 0.6 is 0 Å². The Labute approximate surface area is 296 Å². The van der Waals surface area contributed by atoms with Crippen molar-refractivity contribution in [1.82, 2.24) is 14.7 Å². The maximum atomic E-state index is 14.4. The molecule has 272 valence electrons. The van der Waals surface area contributed by atoms with Gasteiger partial charge in [-0.05, 0) is 89.8 Å². The molecule has 0 saturated heterocycles. The third-order valence-electron chi connectivity index (χ3n) is 9.18. The molecule has 4 rings (SSSR count). The van der Waals surface area contributed by atoms with Gasteiger partial charge in [0.15, 0.2) is 0 Å². The molecular weight excluding hydrogens is 634 g/mol. The predicted octanol–water partition coefficient (Wildman–Crippen LogP) is 6.08. The lowest BCUT2D eigenvalue weighted by atomic mass is 10.0. The van der Waals surface area contributed by atoms with Gasteiger partial charge in [0.1, 0.15) is 5.75 Å². The van der Waals surface area contributed by atoms with E-state index in [-0.39, 0.29) is 49.1 Å². The van der Waals surface area contributed by atoms with Gasteiger partial charge in [0.2, 0.25) is 5.91 Å². The lowest BCUT2D eigenvalue weighted by Gasteiger charge is -2.35. The summed E-state index contributed by atoms with van der Waals surface area (Å²) in [5.74, 6) is -0.212. The fourth-order valence-corrected chi connectivity index (χ4v) is 6.14. The largest absolute Gasteiger partial charge is 0.490 e. The Morgan fingerprint density at radius 2 is 1.78 bits per heavy atom. The van der Waals surface area contributed by atoms with Crippen LogP contribution in [0.5, 0.6) is 5.75 Å². The maximum Gasteiger partial charge on any atom is 0.321 e. The Morgan fingerprint density at radius 3 is 2.54 bits per heavy atom. The number of benzene rings is 3. The summed E-state index contributed by atoms with van der Waals surface area (Å²) >= 11 is 0. The monoisotopic (exact) mass is 689 g/mol. The molecule has 0 saturated carbocycles. The maximum absolute atomic E-state index is 14.4. The van der Waals surface area contributed by atoms with Gasteiger partial charge in [-0.15, -0.1) is 0 Å². The fourth-order valence-electron chi connectivity index (χ4n) is 6.14. The average molecular weight is 690 g/mol. The summed E-state index contributed by atoms with van der Waals surface area (Å²) in [5, 5.41) is 18.3. The Balaban J connectivity index is 1.56. The van der Waals surface area contributed by atoms with Crippen LogP contribution in [0.1, 0.15) is 63.2 Å². The van der Waals surface area contributed by atoms with Crippen molar-refractivity contribution < 1.29 is 29.0 Å². The van der Waals surface area contributed by atoms with Crippen LogP contribution in [-0.2, 0) is 9.53 Å². The zero-order valence-corrected chi connectivity index (χ0v) is 30.5. The molecule has 0 aliphatic carbocycles.